The Morgan fingerprint density at radius 3 is 2.90 bits per heavy atom. The summed E-state index contributed by atoms with van der Waals surface area (Å²) in [5, 5.41) is 20.3. The van der Waals surface area contributed by atoms with Crippen LogP contribution in [-0.4, -0.2) is 47.7 Å². The van der Waals surface area contributed by atoms with Gasteiger partial charge in [-0.05, 0) is 32.0 Å². The number of anilines is 1. The largest absolute Gasteiger partial charge is 0.392 e. The fourth-order valence-electron chi connectivity index (χ4n) is 3.12. The highest BCUT2D eigenvalue weighted by Crippen LogP contribution is 2.26. The van der Waals surface area contributed by atoms with Crippen LogP contribution in [0.1, 0.15) is 25.3 Å². The van der Waals surface area contributed by atoms with Gasteiger partial charge in [-0.3, -0.25) is 15.0 Å². The number of non-ortho nitro benzene ring substituents is 1. The molecule has 0 saturated carbocycles. The van der Waals surface area contributed by atoms with E-state index in [1.165, 1.54) is 25.0 Å². The van der Waals surface area contributed by atoms with Gasteiger partial charge in [0.1, 0.15) is 0 Å². The first kappa shape index (κ1) is 15.7. The van der Waals surface area contributed by atoms with Crippen molar-refractivity contribution in [2.75, 3.05) is 31.6 Å². The van der Waals surface area contributed by atoms with Crippen LogP contribution in [0.3, 0.4) is 0 Å². The maximum absolute atomic E-state index is 10.8. The van der Waals surface area contributed by atoms with Gasteiger partial charge in [0.05, 0.1) is 11.5 Å². The molecular formula is C15H23N3O3. The van der Waals surface area contributed by atoms with Crippen molar-refractivity contribution in [2.45, 2.75) is 32.4 Å². The SMILES string of the molecule is CCN1CCCC1CN(C)c1ccc([N+](=O)[O-])cc1CO. The number of likely N-dealkylation sites (N-methyl/N-ethyl adjacent to an activating group) is 2. The van der Waals surface area contributed by atoms with E-state index in [-0.39, 0.29) is 12.3 Å². The van der Waals surface area contributed by atoms with Crippen molar-refractivity contribution < 1.29 is 10.0 Å². The van der Waals surface area contributed by atoms with E-state index in [0.717, 1.165) is 25.3 Å². The number of aliphatic hydroxyl groups excluding tert-OH is 1. The minimum atomic E-state index is -0.432. The van der Waals surface area contributed by atoms with E-state index in [9.17, 15) is 15.2 Å². The molecule has 1 unspecified atom stereocenters. The second kappa shape index (κ2) is 6.87. The number of aliphatic hydroxyl groups is 1. The predicted molar refractivity (Wildman–Crippen MR) is 82.6 cm³/mol. The van der Waals surface area contributed by atoms with Crippen molar-refractivity contribution in [3.63, 3.8) is 0 Å². The lowest BCUT2D eigenvalue weighted by Gasteiger charge is -2.30. The molecule has 1 aromatic rings. The van der Waals surface area contributed by atoms with Crippen molar-refractivity contribution >= 4 is 11.4 Å². The minimum absolute atomic E-state index is 0.0206. The van der Waals surface area contributed by atoms with Crippen LogP contribution in [-0.2, 0) is 6.61 Å². The van der Waals surface area contributed by atoms with Gasteiger partial charge in [-0.25, -0.2) is 0 Å². The van der Waals surface area contributed by atoms with E-state index < -0.39 is 4.92 Å². The van der Waals surface area contributed by atoms with Crippen LogP contribution in [0.15, 0.2) is 18.2 Å². The molecule has 0 aromatic heterocycles. The Balaban J connectivity index is 2.14. The van der Waals surface area contributed by atoms with Crippen LogP contribution in [0.2, 0.25) is 0 Å². The molecule has 1 fully saturated rings. The third kappa shape index (κ3) is 3.51. The van der Waals surface area contributed by atoms with Gasteiger partial charge in [-0.2, -0.15) is 0 Å². The zero-order chi connectivity index (χ0) is 15.4. The predicted octanol–water partition coefficient (Wildman–Crippen LogP) is 2.01. The summed E-state index contributed by atoms with van der Waals surface area (Å²) in [7, 11) is 1.98. The van der Waals surface area contributed by atoms with Gasteiger partial charge in [-0.15, -0.1) is 0 Å². The molecule has 1 aliphatic heterocycles. The number of nitro groups is 1. The van der Waals surface area contributed by atoms with Crippen LogP contribution < -0.4 is 4.90 Å². The smallest absolute Gasteiger partial charge is 0.269 e. The van der Waals surface area contributed by atoms with E-state index in [1.54, 1.807) is 6.07 Å². The third-order valence-electron chi connectivity index (χ3n) is 4.25. The summed E-state index contributed by atoms with van der Waals surface area (Å²) in [6.07, 6.45) is 2.40. The molecule has 0 radical (unpaired) electrons. The van der Waals surface area contributed by atoms with Crippen molar-refractivity contribution in [2.24, 2.45) is 0 Å². The van der Waals surface area contributed by atoms with E-state index >= 15 is 0 Å². The molecule has 1 aliphatic rings. The molecule has 1 heterocycles. The normalized spacial score (nSPS) is 18.9. The standard InChI is InChI=1S/C15H23N3O3/c1-3-17-8-4-5-14(17)10-16(2)15-7-6-13(18(20)21)9-12(15)11-19/h6-7,9,14,19H,3-5,8,10-11H2,1-2H3. The Morgan fingerprint density at radius 1 is 1.52 bits per heavy atom. The molecule has 0 aliphatic carbocycles. The van der Waals surface area contributed by atoms with Gasteiger partial charge in [0, 0.05) is 43.0 Å². The molecule has 0 bridgehead atoms. The highest BCUT2D eigenvalue weighted by Gasteiger charge is 2.25. The monoisotopic (exact) mass is 293 g/mol. The third-order valence-corrected chi connectivity index (χ3v) is 4.25. The van der Waals surface area contributed by atoms with E-state index in [4.69, 9.17) is 0 Å². The van der Waals surface area contributed by atoms with Crippen LogP contribution in [0.5, 0.6) is 0 Å². The number of likely N-dealkylation sites (tertiary alicyclic amines) is 1. The van der Waals surface area contributed by atoms with Gasteiger partial charge in [0.25, 0.3) is 5.69 Å². The quantitative estimate of drug-likeness (QED) is 0.642. The Kier molecular flexibility index (Phi) is 5.14. The molecule has 6 nitrogen and oxygen atoms in total. The molecule has 0 amide bonds. The number of hydrogen-bond donors (Lipinski definition) is 1. The van der Waals surface area contributed by atoms with Gasteiger partial charge >= 0.3 is 0 Å². The first-order chi connectivity index (χ1) is 10.1. The Labute approximate surface area is 125 Å². The zero-order valence-corrected chi connectivity index (χ0v) is 12.7. The Morgan fingerprint density at radius 2 is 2.29 bits per heavy atom. The molecule has 1 N–H and O–H groups in total. The number of rotatable bonds is 6. The number of nitrogens with zero attached hydrogens (tertiary/aromatic N) is 3. The van der Waals surface area contributed by atoms with Gasteiger partial charge in [0.2, 0.25) is 0 Å². The first-order valence-electron chi connectivity index (χ1n) is 7.40. The second-order valence-corrected chi connectivity index (χ2v) is 5.53. The molecule has 1 aromatic carbocycles. The summed E-state index contributed by atoms with van der Waals surface area (Å²) >= 11 is 0. The fraction of sp³-hybridized carbons (Fsp3) is 0.600. The van der Waals surface area contributed by atoms with Gasteiger partial charge in [0.15, 0.2) is 0 Å². The van der Waals surface area contributed by atoms with Gasteiger partial charge in [-0.1, -0.05) is 6.92 Å². The van der Waals surface area contributed by atoms with Gasteiger partial charge < -0.3 is 10.0 Å². The topological polar surface area (TPSA) is 69.9 Å². The average Bonchev–Trinajstić information content (AvgIpc) is 2.93. The zero-order valence-electron chi connectivity index (χ0n) is 12.7. The minimum Gasteiger partial charge on any atom is -0.392 e. The summed E-state index contributed by atoms with van der Waals surface area (Å²) in [5.74, 6) is 0. The van der Waals surface area contributed by atoms with Crippen LogP contribution in [0.25, 0.3) is 0 Å². The maximum atomic E-state index is 10.8. The molecule has 1 saturated heterocycles. The van der Waals surface area contributed by atoms with Crippen molar-refractivity contribution in [3.8, 4) is 0 Å². The fourth-order valence-corrected chi connectivity index (χ4v) is 3.12. The second-order valence-electron chi connectivity index (χ2n) is 5.53. The summed E-state index contributed by atoms with van der Waals surface area (Å²) in [6.45, 7) is 5.04. The highest BCUT2D eigenvalue weighted by atomic mass is 16.6. The lowest BCUT2D eigenvalue weighted by molar-refractivity contribution is -0.384. The van der Waals surface area contributed by atoms with Crippen molar-refractivity contribution in [1.29, 1.82) is 0 Å². The number of hydrogen-bond acceptors (Lipinski definition) is 5. The molecule has 116 valence electrons. The van der Waals surface area contributed by atoms with Crippen LogP contribution in [0.4, 0.5) is 11.4 Å². The first-order valence-corrected chi connectivity index (χ1v) is 7.40. The lowest BCUT2D eigenvalue weighted by Crippen LogP contribution is -2.39. The maximum Gasteiger partial charge on any atom is 0.269 e. The van der Waals surface area contributed by atoms with Crippen molar-refractivity contribution in [1.82, 2.24) is 4.90 Å². The van der Waals surface area contributed by atoms with E-state index in [2.05, 4.69) is 16.7 Å². The molecule has 1 atom stereocenters. The summed E-state index contributed by atoms with van der Waals surface area (Å²) in [4.78, 5) is 14.9. The van der Waals surface area contributed by atoms with Crippen LogP contribution in [0, 0.1) is 10.1 Å². The summed E-state index contributed by atoms with van der Waals surface area (Å²) in [6, 6.07) is 5.20. The Bertz CT molecular complexity index is 507. The molecule has 21 heavy (non-hydrogen) atoms. The van der Waals surface area contributed by atoms with Crippen molar-refractivity contribution in [3.05, 3.63) is 33.9 Å². The Hall–Kier alpha value is -1.66. The summed E-state index contributed by atoms with van der Waals surface area (Å²) in [5.41, 5.74) is 1.49. The molecular weight excluding hydrogens is 270 g/mol. The lowest BCUT2D eigenvalue weighted by atomic mass is 10.1. The number of nitro benzene ring substituents is 1. The van der Waals surface area contributed by atoms with E-state index in [0.29, 0.717) is 11.6 Å². The summed E-state index contributed by atoms with van der Waals surface area (Å²) < 4.78 is 0. The molecule has 2 rings (SSSR count). The molecule has 0 spiro atoms. The molecule has 6 heteroatoms. The average molecular weight is 293 g/mol. The number of benzene rings is 1. The van der Waals surface area contributed by atoms with Crippen LogP contribution >= 0.6 is 0 Å². The highest BCUT2D eigenvalue weighted by molar-refractivity contribution is 5.57. The van der Waals surface area contributed by atoms with E-state index in [1.807, 2.05) is 7.05 Å².